The van der Waals surface area contributed by atoms with Crippen LogP contribution in [-0.2, 0) is 10.0 Å². The molecule has 0 aliphatic heterocycles. The summed E-state index contributed by atoms with van der Waals surface area (Å²) in [6, 6.07) is 9.07. The predicted molar refractivity (Wildman–Crippen MR) is 96.3 cm³/mol. The van der Waals surface area contributed by atoms with E-state index >= 15 is 0 Å². The van der Waals surface area contributed by atoms with Crippen LogP contribution in [0.25, 0.3) is 10.9 Å². The summed E-state index contributed by atoms with van der Waals surface area (Å²) in [4.78, 5) is 3.39. The Bertz CT molecular complexity index is 1020. The minimum absolute atomic E-state index is 0.301. The Balaban J connectivity index is 2.06. The Hall–Kier alpha value is -2.47. The molecule has 3 rings (SSSR count). The number of nitrogens with one attached hydrogen (secondary N) is 2. The normalized spacial score (nSPS) is 11.7. The van der Waals surface area contributed by atoms with Gasteiger partial charge in [-0.3, -0.25) is 4.72 Å². The molecule has 126 valence electrons. The maximum atomic E-state index is 12.9. The van der Waals surface area contributed by atoms with Gasteiger partial charge in [0.1, 0.15) is 5.75 Å². The number of sulfonamides is 1. The van der Waals surface area contributed by atoms with Crippen LogP contribution in [0.5, 0.6) is 5.75 Å². The van der Waals surface area contributed by atoms with E-state index in [0.29, 0.717) is 27.5 Å². The highest BCUT2D eigenvalue weighted by Crippen LogP contribution is 2.32. The SMILES string of the molecule is COc1cc(C)c(S(=O)(=O)Nc2ccc3[nH]ccc3c2)c(C)c1C. The van der Waals surface area contributed by atoms with Gasteiger partial charge < -0.3 is 9.72 Å². The maximum Gasteiger partial charge on any atom is 0.262 e. The molecular weight excluding hydrogens is 324 g/mol. The van der Waals surface area contributed by atoms with Crippen molar-refractivity contribution < 1.29 is 13.2 Å². The molecule has 6 heteroatoms. The average Bonchev–Trinajstić information content (AvgIpc) is 2.97. The lowest BCUT2D eigenvalue weighted by molar-refractivity contribution is 0.410. The van der Waals surface area contributed by atoms with E-state index < -0.39 is 10.0 Å². The fraction of sp³-hybridized carbons (Fsp3) is 0.222. The van der Waals surface area contributed by atoms with Crippen molar-refractivity contribution in [2.75, 3.05) is 11.8 Å². The van der Waals surface area contributed by atoms with E-state index in [9.17, 15) is 8.42 Å². The van der Waals surface area contributed by atoms with Crippen molar-refractivity contribution in [2.24, 2.45) is 0 Å². The molecule has 0 fully saturated rings. The molecule has 1 heterocycles. The average molecular weight is 344 g/mol. The van der Waals surface area contributed by atoms with Gasteiger partial charge >= 0.3 is 0 Å². The summed E-state index contributed by atoms with van der Waals surface area (Å²) in [6.45, 7) is 5.44. The molecule has 0 aliphatic rings. The van der Waals surface area contributed by atoms with Gasteiger partial charge in [0, 0.05) is 22.8 Å². The minimum Gasteiger partial charge on any atom is -0.496 e. The molecule has 0 aliphatic carbocycles. The fourth-order valence-electron chi connectivity index (χ4n) is 2.97. The highest BCUT2D eigenvalue weighted by atomic mass is 32.2. The zero-order valence-corrected chi connectivity index (χ0v) is 14.9. The first kappa shape index (κ1) is 16.4. The highest BCUT2D eigenvalue weighted by Gasteiger charge is 2.23. The van der Waals surface area contributed by atoms with E-state index in [1.807, 2.05) is 31.3 Å². The number of benzene rings is 2. The van der Waals surface area contributed by atoms with Crippen LogP contribution in [0.1, 0.15) is 16.7 Å². The molecule has 2 N–H and O–H groups in total. The molecule has 0 radical (unpaired) electrons. The van der Waals surface area contributed by atoms with Crippen molar-refractivity contribution in [3.63, 3.8) is 0 Å². The number of anilines is 1. The third-order valence-electron chi connectivity index (χ3n) is 4.27. The predicted octanol–water partition coefficient (Wildman–Crippen LogP) is 3.90. The number of hydrogen-bond donors (Lipinski definition) is 2. The molecule has 24 heavy (non-hydrogen) atoms. The van der Waals surface area contributed by atoms with Gasteiger partial charge in [0.25, 0.3) is 10.0 Å². The van der Waals surface area contributed by atoms with Crippen molar-refractivity contribution in [3.05, 3.63) is 53.2 Å². The van der Waals surface area contributed by atoms with Crippen LogP contribution in [0, 0.1) is 20.8 Å². The Morgan fingerprint density at radius 2 is 1.79 bits per heavy atom. The number of H-pyrrole nitrogens is 1. The van der Waals surface area contributed by atoms with Crippen LogP contribution in [-0.4, -0.2) is 20.5 Å². The second kappa shape index (κ2) is 5.87. The molecular formula is C18H20N2O3S. The third kappa shape index (κ3) is 2.73. The standard InChI is InChI=1S/C18H20N2O3S/c1-11-9-17(23-4)12(2)13(3)18(11)24(21,22)20-15-5-6-16-14(10-15)7-8-19-16/h5-10,19-20H,1-4H3. The summed E-state index contributed by atoms with van der Waals surface area (Å²) in [6.07, 6.45) is 1.82. The van der Waals surface area contributed by atoms with Gasteiger partial charge in [-0.2, -0.15) is 0 Å². The van der Waals surface area contributed by atoms with E-state index in [1.165, 1.54) is 0 Å². The van der Waals surface area contributed by atoms with Gasteiger partial charge in [0.05, 0.1) is 12.0 Å². The summed E-state index contributed by atoms with van der Waals surface area (Å²) < 4.78 is 33.8. The molecule has 3 aromatic rings. The first-order chi connectivity index (χ1) is 11.3. The van der Waals surface area contributed by atoms with Crippen molar-refractivity contribution in [3.8, 4) is 5.75 Å². The molecule has 0 atom stereocenters. The Kier molecular flexibility index (Phi) is 4.01. The van der Waals surface area contributed by atoms with Crippen molar-refractivity contribution in [2.45, 2.75) is 25.7 Å². The number of methoxy groups -OCH3 is 1. The van der Waals surface area contributed by atoms with Gasteiger partial charge in [-0.05, 0) is 67.8 Å². The molecule has 2 aromatic carbocycles. The van der Waals surface area contributed by atoms with Crippen LogP contribution in [0.2, 0.25) is 0 Å². The number of aromatic nitrogens is 1. The van der Waals surface area contributed by atoms with E-state index in [2.05, 4.69) is 9.71 Å². The molecule has 0 amide bonds. The largest absolute Gasteiger partial charge is 0.496 e. The van der Waals surface area contributed by atoms with Crippen LogP contribution in [0.15, 0.2) is 41.4 Å². The number of aromatic amines is 1. The highest BCUT2D eigenvalue weighted by molar-refractivity contribution is 7.92. The van der Waals surface area contributed by atoms with Crippen molar-refractivity contribution >= 4 is 26.6 Å². The number of hydrogen-bond acceptors (Lipinski definition) is 3. The van der Waals surface area contributed by atoms with Gasteiger partial charge in [-0.1, -0.05) is 0 Å². The Labute approximate surface area is 141 Å². The monoisotopic (exact) mass is 344 g/mol. The molecule has 0 unspecified atom stereocenters. The van der Waals surface area contributed by atoms with Crippen LogP contribution in [0.4, 0.5) is 5.69 Å². The van der Waals surface area contributed by atoms with Crippen molar-refractivity contribution in [1.82, 2.24) is 4.98 Å². The van der Waals surface area contributed by atoms with E-state index in [0.717, 1.165) is 16.5 Å². The Morgan fingerprint density at radius 1 is 1.04 bits per heavy atom. The lowest BCUT2D eigenvalue weighted by atomic mass is 10.1. The second-order valence-corrected chi connectivity index (χ2v) is 7.48. The first-order valence-electron chi connectivity index (χ1n) is 7.58. The molecule has 0 saturated carbocycles. The number of fused-ring (bicyclic) bond motifs is 1. The number of rotatable bonds is 4. The summed E-state index contributed by atoms with van der Waals surface area (Å²) >= 11 is 0. The topological polar surface area (TPSA) is 71.2 Å². The van der Waals surface area contributed by atoms with Crippen LogP contribution in [0.3, 0.4) is 0 Å². The summed E-state index contributed by atoms with van der Waals surface area (Å²) in [5.41, 5.74) is 3.68. The molecule has 5 nitrogen and oxygen atoms in total. The smallest absolute Gasteiger partial charge is 0.262 e. The summed E-state index contributed by atoms with van der Waals surface area (Å²) in [5, 5.41) is 0.953. The first-order valence-corrected chi connectivity index (χ1v) is 9.06. The lowest BCUT2D eigenvalue weighted by Gasteiger charge is -2.17. The molecule has 0 spiro atoms. The van der Waals surface area contributed by atoms with Gasteiger partial charge in [0.15, 0.2) is 0 Å². The zero-order valence-electron chi connectivity index (χ0n) is 14.1. The van der Waals surface area contributed by atoms with Gasteiger partial charge in [-0.25, -0.2) is 8.42 Å². The lowest BCUT2D eigenvalue weighted by Crippen LogP contribution is -2.16. The molecule has 1 aromatic heterocycles. The van der Waals surface area contributed by atoms with Gasteiger partial charge in [0.2, 0.25) is 0 Å². The molecule has 0 bridgehead atoms. The van der Waals surface area contributed by atoms with Crippen LogP contribution < -0.4 is 9.46 Å². The minimum atomic E-state index is -3.69. The number of aryl methyl sites for hydroxylation is 1. The van der Waals surface area contributed by atoms with Crippen LogP contribution >= 0.6 is 0 Å². The quantitative estimate of drug-likeness (QED) is 0.754. The van der Waals surface area contributed by atoms with Gasteiger partial charge in [-0.15, -0.1) is 0 Å². The third-order valence-corrected chi connectivity index (χ3v) is 5.94. The number of ether oxygens (including phenoxy) is 1. The Morgan fingerprint density at radius 3 is 2.50 bits per heavy atom. The van der Waals surface area contributed by atoms with E-state index in [4.69, 9.17) is 4.74 Å². The molecule has 0 saturated heterocycles. The second-order valence-electron chi connectivity index (χ2n) is 5.86. The van der Waals surface area contributed by atoms with E-state index in [-0.39, 0.29) is 0 Å². The maximum absolute atomic E-state index is 12.9. The zero-order chi connectivity index (χ0) is 17.5. The van der Waals surface area contributed by atoms with Crippen molar-refractivity contribution in [1.29, 1.82) is 0 Å². The summed E-state index contributed by atoms with van der Waals surface area (Å²) in [5.74, 6) is 0.692. The fourth-order valence-corrected chi connectivity index (χ4v) is 4.55. The summed E-state index contributed by atoms with van der Waals surface area (Å²) in [7, 11) is -2.11. The van der Waals surface area contributed by atoms with E-state index in [1.54, 1.807) is 33.1 Å².